The molecular formula is C43H56N4. The SMILES string of the molecule is CC(C)=CCN(c1ccc(C)cc1)C1CCCN(Cc2ccccc2)C1.Cc1ccc(NC2CCCN(Cc3ccccc3)C2)cc1. The minimum atomic E-state index is 0.560. The highest BCUT2D eigenvalue weighted by Gasteiger charge is 2.25. The molecule has 0 saturated carbocycles. The molecule has 4 aromatic rings. The Balaban J connectivity index is 0.000000189. The van der Waals surface area contributed by atoms with E-state index in [2.05, 4.69) is 163 Å². The first kappa shape index (κ1) is 34.5. The lowest BCUT2D eigenvalue weighted by molar-refractivity contribution is 0.197. The van der Waals surface area contributed by atoms with E-state index in [1.54, 1.807) is 0 Å². The minimum absolute atomic E-state index is 0.560. The number of benzene rings is 4. The van der Waals surface area contributed by atoms with Crippen molar-refractivity contribution in [2.45, 2.75) is 78.6 Å². The van der Waals surface area contributed by atoms with Gasteiger partial charge in [-0.05, 0) is 102 Å². The van der Waals surface area contributed by atoms with Crippen molar-refractivity contribution in [2.75, 3.05) is 42.9 Å². The van der Waals surface area contributed by atoms with Crippen LogP contribution in [0.5, 0.6) is 0 Å². The third-order valence-corrected chi connectivity index (χ3v) is 9.41. The predicted molar refractivity (Wildman–Crippen MR) is 202 cm³/mol. The van der Waals surface area contributed by atoms with Crippen LogP contribution in [0.25, 0.3) is 0 Å². The van der Waals surface area contributed by atoms with Crippen LogP contribution >= 0.6 is 0 Å². The molecule has 2 unspecified atom stereocenters. The zero-order valence-electron chi connectivity index (χ0n) is 29.2. The van der Waals surface area contributed by atoms with Crippen molar-refractivity contribution < 1.29 is 0 Å². The first-order chi connectivity index (χ1) is 22.9. The summed E-state index contributed by atoms with van der Waals surface area (Å²) in [6.45, 7) is 16.5. The lowest BCUT2D eigenvalue weighted by atomic mass is 10.0. The second-order valence-corrected chi connectivity index (χ2v) is 13.9. The summed E-state index contributed by atoms with van der Waals surface area (Å²) in [5.41, 5.74) is 9.44. The third kappa shape index (κ3) is 11.4. The zero-order chi connectivity index (χ0) is 32.8. The van der Waals surface area contributed by atoms with Gasteiger partial charge >= 0.3 is 0 Å². The van der Waals surface area contributed by atoms with E-state index >= 15 is 0 Å². The molecule has 2 aliphatic rings. The number of hydrogen-bond acceptors (Lipinski definition) is 4. The Morgan fingerprint density at radius 1 is 0.681 bits per heavy atom. The Morgan fingerprint density at radius 3 is 1.79 bits per heavy atom. The fraction of sp³-hybridized carbons (Fsp3) is 0.395. The molecule has 6 rings (SSSR count). The van der Waals surface area contributed by atoms with Gasteiger partial charge in [0.05, 0.1) is 0 Å². The molecule has 0 aliphatic carbocycles. The molecule has 4 aromatic carbocycles. The van der Waals surface area contributed by atoms with Crippen molar-refractivity contribution in [3.8, 4) is 0 Å². The number of nitrogens with zero attached hydrogens (tertiary/aromatic N) is 3. The average Bonchev–Trinajstić information content (AvgIpc) is 3.08. The number of rotatable bonds is 10. The first-order valence-electron chi connectivity index (χ1n) is 17.7. The van der Waals surface area contributed by atoms with Crippen LogP contribution in [0.3, 0.4) is 0 Å². The molecule has 2 fully saturated rings. The molecule has 0 spiro atoms. The normalized spacial score (nSPS) is 18.5. The second-order valence-electron chi connectivity index (χ2n) is 13.9. The number of piperidine rings is 2. The van der Waals surface area contributed by atoms with Gasteiger partial charge in [-0.1, -0.05) is 108 Å². The van der Waals surface area contributed by atoms with Crippen molar-refractivity contribution >= 4 is 11.4 Å². The molecule has 2 atom stereocenters. The van der Waals surface area contributed by atoms with E-state index in [0.717, 1.165) is 32.7 Å². The smallest absolute Gasteiger partial charge is 0.0421 e. The van der Waals surface area contributed by atoms with Gasteiger partial charge < -0.3 is 10.2 Å². The Labute approximate surface area is 285 Å². The summed E-state index contributed by atoms with van der Waals surface area (Å²) in [7, 11) is 0. The van der Waals surface area contributed by atoms with Crippen LogP contribution in [0.2, 0.25) is 0 Å². The highest BCUT2D eigenvalue weighted by molar-refractivity contribution is 5.49. The molecule has 0 radical (unpaired) electrons. The molecule has 0 amide bonds. The number of anilines is 2. The maximum absolute atomic E-state index is 3.68. The van der Waals surface area contributed by atoms with Crippen LogP contribution < -0.4 is 10.2 Å². The first-order valence-corrected chi connectivity index (χ1v) is 17.7. The second kappa shape index (κ2) is 17.9. The Hall–Kier alpha value is -3.86. The van der Waals surface area contributed by atoms with E-state index in [9.17, 15) is 0 Å². The number of likely N-dealkylation sites (tertiary alicyclic amines) is 2. The predicted octanol–water partition coefficient (Wildman–Crippen LogP) is 9.50. The Kier molecular flexibility index (Phi) is 13.1. The topological polar surface area (TPSA) is 21.8 Å². The van der Waals surface area contributed by atoms with Crippen LogP contribution in [0, 0.1) is 13.8 Å². The van der Waals surface area contributed by atoms with Gasteiger partial charge in [0, 0.05) is 56.2 Å². The van der Waals surface area contributed by atoms with Gasteiger partial charge in [-0.25, -0.2) is 0 Å². The van der Waals surface area contributed by atoms with Crippen molar-refractivity contribution in [2.24, 2.45) is 0 Å². The molecule has 4 heteroatoms. The number of aryl methyl sites for hydroxylation is 2. The molecule has 2 heterocycles. The third-order valence-electron chi connectivity index (χ3n) is 9.41. The molecule has 4 nitrogen and oxygen atoms in total. The summed E-state index contributed by atoms with van der Waals surface area (Å²) in [6, 6.07) is 40.5. The van der Waals surface area contributed by atoms with E-state index < -0.39 is 0 Å². The van der Waals surface area contributed by atoms with E-state index in [0.29, 0.717) is 12.1 Å². The summed E-state index contributed by atoms with van der Waals surface area (Å²) in [4.78, 5) is 7.78. The van der Waals surface area contributed by atoms with Crippen LogP contribution in [-0.2, 0) is 13.1 Å². The van der Waals surface area contributed by atoms with E-state index in [1.165, 1.54) is 78.0 Å². The maximum Gasteiger partial charge on any atom is 0.0421 e. The molecule has 248 valence electrons. The van der Waals surface area contributed by atoms with Crippen LogP contribution in [0.15, 0.2) is 121 Å². The van der Waals surface area contributed by atoms with Crippen molar-refractivity contribution in [3.05, 3.63) is 143 Å². The van der Waals surface area contributed by atoms with Gasteiger partial charge in [0.2, 0.25) is 0 Å². The van der Waals surface area contributed by atoms with Gasteiger partial charge in [-0.2, -0.15) is 0 Å². The molecule has 0 aromatic heterocycles. The molecular weight excluding hydrogens is 573 g/mol. The molecule has 0 bridgehead atoms. The number of nitrogens with one attached hydrogen (secondary N) is 1. The molecule has 2 aliphatic heterocycles. The summed E-state index contributed by atoms with van der Waals surface area (Å²) in [5, 5.41) is 3.68. The van der Waals surface area contributed by atoms with Gasteiger partial charge in [0.25, 0.3) is 0 Å². The summed E-state index contributed by atoms with van der Waals surface area (Å²) < 4.78 is 0. The lowest BCUT2D eigenvalue weighted by Crippen LogP contribution is -2.48. The van der Waals surface area contributed by atoms with Gasteiger partial charge in [0.1, 0.15) is 0 Å². The Bertz CT molecular complexity index is 1480. The highest BCUT2D eigenvalue weighted by atomic mass is 15.2. The van der Waals surface area contributed by atoms with Crippen LogP contribution in [0.1, 0.15) is 61.8 Å². The highest BCUT2D eigenvalue weighted by Crippen LogP contribution is 2.25. The van der Waals surface area contributed by atoms with Crippen LogP contribution in [0.4, 0.5) is 11.4 Å². The average molecular weight is 629 g/mol. The lowest BCUT2D eigenvalue weighted by Gasteiger charge is -2.40. The number of hydrogen-bond donors (Lipinski definition) is 1. The molecule has 47 heavy (non-hydrogen) atoms. The largest absolute Gasteiger partial charge is 0.381 e. The fourth-order valence-corrected chi connectivity index (χ4v) is 6.80. The van der Waals surface area contributed by atoms with E-state index in [-0.39, 0.29) is 0 Å². The summed E-state index contributed by atoms with van der Waals surface area (Å²) >= 11 is 0. The summed E-state index contributed by atoms with van der Waals surface area (Å²) in [6.07, 6.45) is 7.44. The molecule has 1 N–H and O–H groups in total. The van der Waals surface area contributed by atoms with Crippen molar-refractivity contribution in [1.82, 2.24) is 9.80 Å². The molecule has 2 saturated heterocycles. The van der Waals surface area contributed by atoms with Gasteiger partial charge in [-0.3, -0.25) is 9.80 Å². The zero-order valence-corrected chi connectivity index (χ0v) is 29.2. The van der Waals surface area contributed by atoms with Gasteiger partial charge in [-0.15, -0.1) is 0 Å². The number of allylic oxidation sites excluding steroid dienone is 1. The summed E-state index contributed by atoms with van der Waals surface area (Å²) in [5.74, 6) is 0. The van der Waals surface area contributed by atoms with E-state index in [1.807, 2.05) is 0 Å². The van der Waals surface area contributed by atoms with Crippen LogP contribution in [-0.4, -0.2) is 54.6 Å². The van der Waals surface area contributed by atoms with Crippen molar-refractivity contribution in [3.63, 3.8) is 0 Å². The standard InChI is InChI=1S/C24H32N2.C19H24N2/c1-20(2)15-17-26(23-13-11-21(3)12-14-23)24-10-7-16-25(19-24)18-22-8-5-4-6-9-22;1-16-9-11-18(12-10-16)20-19-8-5-13-21(15-19)14-17-6-3-2-4-7-17/h4-6,8-9,11-15,24H,7,10,16-19H2,1-3H3;2-4,6-7,9-12,19-20H,5,8,13-15H2,1H3. The monoisotopic (exact) mass is 628 g/mol. The minimum Gasteiger partial charge on any atom is -0.381 e. The van der Waals surface area contributed by atoms with E-state index in [4.69, 9.17) is 0 Å². The van der Waals surface area contributed by atoms with Gasteiger partial charge in [0.15, 0.2) is 0 Å². The maximum atomic E-state index is 3.68. The van der Waals surface area contributed by atoms with Crippen molar-refractivity contribution in [1.29, 1.82) is 0 Å². The fourth-order valence-electron chi connectivity index (χ4n) is 6.80. The quantitative estimate of drug-likeness (QED) is 0.177. The Morgan fingerprint density at radius 2 is 1.21 bits per heavy atom.